The summed E-state index contributed by atoms with van der Waals surface area (Å²) in [5.74, 6) is -0.120. The Morgan fingerprint density at radius 3 is 3.07 bits per heavy atom. The van der Waals surface area contributed by atoms with Crippen molar-refractivity contribution in [1.29, 1.82) is 0 Å². The van der Waals surface area contributed by atoms with Crippen LogP contribution in [0.3, 0.4) is 0 Å². The number of aromatic nitrogens is 2. The van der Waals surface area contributed by atoms with Gasteiger partial charge in [0, 0.05) is 17.9 Å². The van der Waals surface area contributed by atoms with Crippen molar-refractivity contribution in [2.24, 2.45) is 0 Å². The first kappa shape index (κ1) is 9.41. The third kappa shape index (κ3) is 1.48. The van der Waals surface area contributed by atoms with Crippen molar-refractivity contribution in [1.82, 2.24) is 9.78 Å². The van der Waals surface area contributed by atoms with Crippen LogP contribution in [0, 0.1) is 6.57 Å². The Morgan fingerprint density at radius 1 is 1.60 bits per heavy atom. The molecule has 0 unspecified atom stereocenters. The highest BCUT2D eigenvalue weighted by atomic mass is 16.2. The average Bonchev–Trinajstić information content (AvgIpc) is 2.62. The second-order valence-electron chi connectivity index (χ2n) is 3.24. The summed E-state index contributed by atoms with van der Waals surface area (Å²) < 4.78 is 1.35. The molecule has 15 heavy (non-hydrogen) atoms. The van der Waals surface area contributed by atoms with Gasteiger partial charge in [-0.2, -0.15) is 5.10 Å². The van der Waals surface area contributed by atoms with Crippen LogP contribution in [-0.4, -0.2) is 15.7 Å². The lowest BCUT2D eigenvalue weighted by Gasteiger charge is -1.97. The van der Waals surface area contributed by atoms with E-state index in [2.05, 4.69) is 9.94 Å². The molecule has 0 radical (unpaired) electrons. The standard InChI is InChI=1S/C11H9N3O/c1-8(15)14-11-5-3-4-9(6-12-2)10(11)7-13-14/h3-5,7H,6H2,1H3. The maximum Gasteiger partial charge on any atom is 0.244 e. The van der Waals surface area contributed by atoms with Crippen LogP contribution in [0.4, 0.5) is 0 Å². The lowest BCUT2D eigenvalue weighted by Crippen LogP contribution is -2.06. The number of fused-ring (bicyclic) bond motifs is 1. The third-order valence-electron chi connectivity index (χ3n) is 2.25. The average molecular weight is 199 g/mol. The van der Waals surface area contributed by atoms with Crippen molar-refractivity contribution in [3.63, 3.8) is 0 Å². The third-order valence-corrected chi connectivity index (χ3v) is 2.25. The quantitative estimate of drug-likeness (QED) is 0.660. The van der Waals surface area contributed by atoms with Gasteiger partial charge in [0.2, 0.25) is 12.5 Å². The number of rotatable bonds is 1. The molecule has 0 saturated carbocycles. The second kappa shape index (κ2) is 3.54. The topological polar surface area (TPSA) is 39.2 Å². The van der Waals surface area contributed by atoms with Crippen molar-refractivity contribution < 1.29 is 4.79 Å². The van der Waals surface area contributed by atoms with Crippen LogP contribution in [0.5, 0.6) is 0 Å². The molecule has 0 atom stereocenters. The van der Waals surface area contributed by atoms with Gasteiger partial charge in [-0.05, 0) is 6.07 Å². The zero-order valence-electron chi connectivity index (χ0n) is 8.27. The zero-order chi connectivity index (χ0) is 10.8. The zero-order valence-corrected chi connectivity index (χ0v) is 8.27. The predicted octanol–water partition coefficient (Wildman–Crippen LogP) is 2.12. The van der Waals surface area contributed by atoms with Crippen LogP contribution in [0.2, 0.25) is 0 Å². The van der Waals surface area contributed by atoms with Gasteiger partial charge in [0.15, 0.2) is 0 Å². The first-order valence-corrected chi connectivity index (χ1v) is 4.54. The summed E-state index contributed by atoms with van der Waals surface area (Å²) in [6.45, 7) is 8.62. The summed E-state index contributed by atoms with van der Waals surface area (Å²) in [6.07, 6.45) is 1.64. The molecule has 0 N–H and O–H groups in total. The minimum absolute atomic E-state index is 0.120. The molecule has 0 spiro atoms. The van der Waals surface area contributed by atoms with E-state index in [0.717, 1.165) is 16.5 Å². The first-order chi connectivity index (χ1) is 7.24. The van der Waals surface area contributed by atoms with Gasteiger partial charge in [0.05, 0.1) is 11.7 Å². The lowest BCUT2D eigenvalue weighted by molar-refractivity contribution is 0.0927. The molecule has 0 amide bonds. The molecule has 0 aliphatic heterocycles. The molecule has 1 heterocycles. The van der Waals surface area contributed by atoms with Crippen LogP contribution in [0.15, 0.2) is 24.4 Å². The Bertz CT molecular complexity index is 563. The summed E-state index contributed by atoms with van der Waals surface area (Å²) in [7, 11) is 0. The van der Waals surface area contributed by atoms with Crippen LogP contribution in [0.25, 0.3) is 15.7 Å². The van der Waals surface area contributed by atoms with Gasteiger partial charge in [-0.1, -0.05) is 12.1 Å². The second-order valence-corrected chi connectivity index (χ2v) is 3.24. The molecular weight excluding hydrogens is 190 g/mol. The maximum absolute atomic E-state index is 11.2. The molecule has 0 fully saturated rings. The van der Waals surface area contributed by atoms with E-state index in [1.807, 2.05) is 18.2 Å². The molecule has 1 aromatic heterocycles. The van der Waals surface area contributed by atoms with Gasteiger partial charge < -0.3 is 4.85 Å². The number of nitrogens with zero attached hydrogens (tertiary/aromatic N) is 3. The van der Waals surface area contributed by atoms with Gasteiger partial charge in [0.1, 0.15) is 0 Å². The van der Waals surface area contributed by atoms with Crippen LogP contribution in [-0.2, 0) is 6.54 Å². The Morgan fingerprint density at radius 2 is 2.40 bits per heavy atom. The van der Waals surface area contributed by atoms with E-state index >= 15 is 0 Å². The summed E-state index contributed by atoms with van der Waals surface area (Å²) >= 11 is 0. The fraction of sp³-hybridized carbons (Fsp3) is 0.182. The van der Waals surface area contributed by atoms with Crippen molar-refractivity contribution in [2.45, 2.75) is 13.5 Å². The molecule has 0 aliphatic rings. The van der Waals surface area contributed by atoms with Crippen LogP contribution >= 0.6 is 0 Å². The van der Waals surface area contributed by atoms with E-state index in [9.17, 15) is 4.79 Å². The van der Waals surface area contributed by atoms with E-state index in [4.69, 9.17) is 6.57 Å². The molecule has 0 saturated heterocycles. The van der Waals surface area contributed by atoms with Gasteiger partial charge >= 0.3 is 0 Å². The summed E-state index contributed by atoms with van der Waals surface area (Å²) in [5.41, 5.74) is 1.68. The molecule has 0 bridgehead atoms. The van der Waals surface area contributed by atoms with Crippen molar-refractivity contribution >= 4 is 16.8 Å². The van der Waals surface area contributed by atoms with Gasteiger partial charge in [0.25, 0.3) is 0 Å². The molecule has 2 rings (SSSR count). The van der Waals surface area contributed by atoms with E-state index in [1.54, 1.807) is 6.20 Å². The number of benzene rings is 1. The van der Waals surface area contributed by atoms with Crippen molar-refractivity contribution in [2.75, 3.05) is 0 Å². The molecule has 0 aliphatic carbocycles. The number of hydrogen-bond acceptors (Lipinski definition) is 2. The molecule has 1 aromatic carbocycles. The largest absolute Gasteiger partial charge is 0.312 e. The molecule has 74 valence electrons. The Kier molecular flexibility index (Phi) is 2.22. The van der Waals surface area contributed by atoms with Crippen LogP contribution < -0.4 is 0 Å². The summed E-state index contributed by atoms with van der Waals surface area (Å²) in [4.78, 5) is 14.6. The fourth-order valence-electron chi connectivity index (χ4n) is 1.58. The van der Waals surface area contributed by atoms with Gasteiger partial charge in [-0.25, -0.2) is 11.3 Å². The normalized spacial score (nSPS) is 10.1. The molecule has 4 heteroatoms. The Labute approximate surface area is 86.9 Å². The number of carbonyl (C=O) groups is 1. The Balaban J connectivity index is 2.69. The van der Waals surface area contributed by atoms with Gasteiger partial charge in [-0.15, -0.1) is 0 Å². The van der Waals surface area contributed by atoms with Crippen LogP contribution in [0.1, 0.15) is 17.3 Å². The van der Waals surface area contributed by atoms with Crippen molar-refractivity contribution in [3.05, 3.63) is 41.4 Å². The molecule has 2 aromatic rings. The minimum atomic E-state index is -0.120. The van der Waals surface area contributed by atoms with E-state index in [-0.39, 0.29) is 5.91 Å². The van der Waals surface area contributed by atoms with E-state index in [0.29, 0.717) is 6.54 Å². The molecule has 4 nitrogen and oxygen atoms in total. The van der Waals surface area contributed by atoms with E-state index < -0.39 is 0 Å². The highest BCUT2D eigenvalue weighted by Gasteiger charge is 2.10. The highest BCUT2D eigenvalue weighted by Crippen LogP contribution is 2.19. The monoisotopic (exact) mass is 199 g/mol. The Hall–Kier alpha value is -2.15. The van der Waals surface area contributed by atoms with Gasteiger partial charge in [-0.3, -0.25) is 4.79 Å². The smallest absolute Gasteiger partial charge is 0.244 e. The number of hydrogen-bond donors (Lipinski definition) is 0. The number of carbonyl (C=O) groups excluding carboxylic acids is 1. The molecular formula is C11H9N3O. The summed E-state index contributed by atoms with van der Waals surface area (Å²) in [6, 6.07) is 5.55. The summed E-state index contributed by atoms with van der Waals surface area (Å²) in [5, 5.41) is 4.88. The lowest BCUT2D eigenvalue weighted by atomic mass is 10.1. The minimum Gasteiger partial charge on any atom is -0.312 e. The fourth-order valence-corrected chi connectivity index (χ4v) is 1.58. The highest BCUT2D eigenvalue weighted by molar-refractivity contribution is 5.91. The SMILES string of the molecule is [C-]#[N+]Cc1cccc2c1cnn2C(C)=O. The maximum atomic E-state index is 11.2. The van der Waals surface area contributed by atoms with Crippen molar-refractivity contribution in [3.8, 4) is 0 Å². The van der Waals surface area contributed by atoms with E-state index in [1.165, 1.54) is 11.6 Å². The first-order valence-electron chi connectivity index (χ1n) is 4.54. The predicted molar refractivity (Wildman–Crippen MR) is 56.3 cm³/mol.